The predicted molar refractivity (Wildman–Crippen MR) is 109 cm³/mol. The topological polar surface area (TPSA) is 52.6 Å². The highest BCUT2D eigenvalue weighted by Crippen LogP contribution is 2.25. The van der Waals surface area contributed by atoms with Gasteiger partial charge in [0.05, 0.1) is 11.1 Å². The van der Waals surface area contributed by atoms with Gasteiger partial charge in [-0.2, -0.15) is 0 Å². The van der Waals surface area contributed by atoms with Crippen molar-refractivity contribution in [3.63, 3.8) is 0 Å². The van der Waals surface area contributed by atoms with Crippen molar-refractivity contribution < 1.29 is 19.1 Å². The zero-order valence-electron chi connectivity index (χ0n) is 16.6. The lowest BCUT2D eigenvalue weighted by Gasteiger charge is -2.28. The molecular formula is C24H28O4. The maximum Gasteiger partial charge on any atom is 0.338 e. The van der Waals surface area contributed by atoms with Crippen LogP contribution in [0.5, 0.6) is 0 Å². The van der Waals surface area contributed by atoms with Crippen LogP contribution in [-0.2, 0) is 22.3 Å². The van der Waals surface area contributed by atoms with Gasteiger partial charge in [-0.05, 0) is 73.9 Å². The second-order valence-electron chi connectivity index (χ2n) is 7.31. The van der Waals surface area contributed by atoms with E-state index in [-0.39, 0.29) is 24.1 Å². The first-order valence-corrected chi connectivity index (χ1v) is 10.2. The summed E-state index contributed by atoms with van der Waals surface area (Å²) in [5.41, 5.74) is 3.56. The van der Waals surface area contributed by atoms with Gasteiger partial charge in [-0.1, -0.05) is 38.1 Å². The van der Waals surface area contributed by atoms with Gasteiger partial charge in [0.25, 0.3) is 0 Å². The Morgan fingerprint density at radius 2 is 1.00 bits per heavy atom. The van der Waals surface area contributed by atoms with Gasteiger partial charge in [0.1, 0.15) is 12.2 Å². The van der Waals surface area contributed by atoms with Gasteiger partial charge in [-0.3, -0.25) is 0 Å². The maximum absolute atomic E-state index is 12.3. The summed E-state index contributed by atoms with van der Waals surface area (Å²) in [6.45, 7) is 4.16. The van der Waals surface area contributed by atoms with Gasteiger partial charge in [-0.25, -0.2) is 9.59 Å². The first kappa shape index (κ1) is 20.1. The molecule has 3 rings (SSSR count). The fourth-order valence-corrected chi connectivity index (χ4v) is 3.46. The maximum atomic E-state index is 12.3. The third kappa shape index (κ3) is 5.22. The third-order valence-electron chi connectivity index (χ3n) is 5.36. The minimum atomic E-state index is -0.279. The number of aryl methyl sites for hydroxylation is 2. The average molecular weight is 380 g/mol. The Kier molecular flexibility index (Phi) is 6.85. The highest BCUT2D eigenvalue weighted by Gasteiger charge is 2.27. The van der Waals surface area contributed by atoms with Crippen molar-refractivity contribution >= 4 is 11.9 Å². The molecule has 148 valence electrons. The van der Waals surface area contributed by atoms with E-state index >= 15 is 0 Å². The largest absolute Gasteiger partial charge is 0.459 e. The number of hydrogen-bond donors (Lipinski definition) is 0. The Balaban J connectivity index is 1.45. The quantitative estimate of drug-likeness (QED) is 0.652. The second kappa shape index (κ2) is 9.54. The summed E-state index contributed by atoms with van der Waals surface area (Å²) in [6.07, 6.45) is 4.52. The molecule has 0 spiro atoms. The summed E-state index contributed by atoms with van der Waals surface area (Å²) in [5.74, 6) is -0.557. The number of carbonyl (C=O) groups excluding carboxylic acids is 2. The molecule has 0 unspecified atom stereocenters. The van der Waals surface area contributed by atoms with Gasteiger partial charge in [0.2, 0.25) is 0 Å². The molecule has 0 aliphatic heterocycles. The highest BCUT2D eigenvalue weighted by molar-refractivity contribution is 5.90. The summed E-state index contributed by atoms with van der Waals surface area (Å²) in [6, 6.07) is 15.1. The molecule has 1 aliphatic carbocycles. The van der Waals surface area contributed by atoms with Crippen molar-refractivity contribution in [2.75, 3.05) is 0 Å². The van der Waals surface area contributed by atoms with Gasteiger partial charge < -0.3 is 9.47 Å². The van der Waals surface area contributed by atoms with E-state index in [1.54, 1.807) is 0 Å². The molecule has 0 atom stereocenters. The van der Waals surface area contributed by atoms with Gasteiger partial charge >= 0.3 is 11.9 Å². The lowest BCUT2D eigenvalue weighted by molar-refractivity contribution is -0.0108. The van der Waals surface area contributed by atoms with Crippen LogP contribution in [0.3, 0.4) is 0 Å². The van der Waals surface area contributed by atoms with Crippen LogP contribution in [0.1, 0.15) is 71.4 Å². The van der Waals surface area contributed by atoms with Crippen molar-refractivity contribution in [1.29, 1.82) is 0 Å². The molecule has 2 aromatic rings. The van der Waals surface area contributed by atoms with Crippen LogP contribution in [0.2, 0.25) is 0 Å². The molecule has 0 heterocycles. The van der Waals surface area contributed by atoms with Gasteiger partial charge in [0, 0.05) is 0 Å². The molecule has 28 heavy (non-hydrogen) atoms. The fraction of sp³-hybridized carbons (Fsp3) is 0.417. The van der Waals surface area contributed by atoms with Crippen LogP contribution in [0.15, 0.2) is 48.5 Å². The number of ether oxygens (including phenoxy) is 2. The Morgan fingerprint density at radius 1 is 0.679 bits per heavy atom. The molecule has 0 radical (unpaired) electrons. The van der Waals surface area contributed by atoms with Crippen LogP contribution < -0.4 is 0 Å². The van der Waals surface area contributed by atoms with Crippen LogP contribution >= 0.6 is 0 Å². The van der Waals surface area contributed by atoms with E-state index in [0.29, 0.717) is 36.8 Å². The fourth-order valence-electron chi connectivity index (χ4n) is 3.46. The van der Waals surface area contributed by atoms with Crippen LogP contribution in [-0.4, -0.2) is 24.1 Å². The minimum Gasteiger partial charge on any atom is -0.459 e. The average Bonchev–Trinajstić information content (AvgIpc) is 2.75. The third-order valence-corrected chi connectivity index (χ3v) is 5.36. The number of hydrogen-bond acceptors (Lipinski definition) is 4. The monoisotopic (exact) mass is 380 g/mol. The number of carbonyl (C=O) groups is 2. The molecule has 4 nitrogen and oxygen atoms in total. The number of esters is 2. The van der Waals surface area contributed by atoms with Crippen LogP contribution in [0.4, 0.5) is 0 Å². The normalized spacial score (nSPS) is 19.1. The van der Waals surface area contributed by atoms with Crippen molar-refractivity contribution in [1.82, 2.24) is 0 Å². The molecule has 1 saturated carbocycles. The van der Waals surface area contributed by atoms with E-state index in [2.05, 4.69) is 13.8 Å². The summed E-state index contributed by atoms with van der Waals surface area (Å²) >= 11 is 0. The molecular weight excluding hydrogens is 352 g/mol. The van der Waals surface area contributed by atoms with Crippen LogP contribution in [0.25, 0.3) is 0 Å². The zero-order chi connectivity index (χ0) is 19.9. The standard InChI is InChI=1S/C24H28O4/c1-3-17-5-9-19(10-6-17)23(25)27-21-13-15-22(16-14-21)28-24(26)20-11-7-18(4-2)8-12-20/h5-12,21-22H,3-4,13-16H2,1-2H3. The van der Waals surface area contributed by atoms with E-state index in [1.165, 1.54) is 11.1 Å². The molecule has 0 aromatic heterocycles. The molecule has 4 heteroatoms. The molecule has 1 aliphatic rings. The Morgan fingerprint density at radius 3 is 1.29 bits per heavy atom. The van der Waals surface area contributed by atoms with E-state index in [1.807, 2.05) is 48.5 Å². The molecule has 0 amide bonds. The summed E-state index contributed by atoms with van der Waals surface area (Å²) < 4.78 is 11.3. The first-order chi connectivity index (χ1) is 13.6. The first-order valence-electron chi connectivity index (χ1n) is 10.2. The predicted octanol–water partition coefficient (Wildman–Crippen LogP) is 5.14. The summed E-state index contributed by atoms with van der Waals surface area (Å²) in [4.78, 5) is 24.6. The van der Waals surface area contributed by atoms with Crippen molar-refractivity contribution in [3.8, 4) is 0 Å². The van der Waals surface area contributed by atoms with Gasteiger partial charge in [-0.15, -0.1) is 0 Å². The smallest absolute Gasteiger partial charge is 0.338 e. The highest BCUT2D eigenvalue weighted by atomic mass is 16.6. The van der Waals surface area contributed by atoms with E-state index in [0.717, 1.165) is 12.8 Å². The van der Waals surface area contributed by atoms with Crippen molar-refractivity contribution in [2.24, 2.45) is 0 Å². The SMILES string of the molecule is CCc1ccc(C(=O)OC2CCC(OC(=O)c3ccc(CC)cc3)CC2)cc1. The van der Waals surface area contributed by atoms with Crippen molar-refractivity contribution in [2.45, 2.75) is 64.6 Å². The molecule has 1 fully saturated rings. The van der Waals surface area contributed by atoms with E-state index < -0.39 is 0 Å². The van der Waals surface area contributed by atoms with E-state index in [9.17, 15) is 9.59 Å². The Bertz CT molecular complexity index is 715. The molecule has 0 bridgehead atoms. The number of rotatable bonds is 6. The Labute approximate surface area is 166 Å². The minimum absolute atomic E-state index is 0.114. The lowest BCUT2D eigenvalue weighted by atomic mass is 9.94. The Hall–Kier alpha value is -2.62. The van der Waals surface area contributed by atoms with E-state index in [4.69, 9.17) is 9.47 Å². The molecule has 2 aromatic carbocycles. The molecule has 0 N–H and O–H groups in total. The summed E-state index contributed by atoms with van der Waals surface area (Å²) in [7, 11) is 0. The lowest BCUT2D eigenvalue weighted by Crippen LogP contribution is -2.29. The number of benzene rings is 2. The van der Waals surface area contributed by atoms with Crippen molar-refractivity contribution in [3.05, 3.63) is 70.8 Å². The second-order valence-corrected chi connectivity index (χ2v) is 7.31. The van der Waals surface area contributed by atoms with Crippen LogP contribution in [0, 0.1) is 0 Å². The summed E-state index contributed by atoms with van der Waals surface area (Å²) in [5, 5.41) is 0. The zero-order valence-corrected chi connectivity index (χ0v) is 16.6. The van der Waals surface area contributed by atoms with Gasteiger partial charge in [0.15, 0.2) is 0 Å². The molecule has 0 saturated heterocycles.